The molecule has 312 valence electrons. The lowest BCUT2D eigenvalue weighted by Gasteiger charge is -2.35. The molecule has 0 unspecified atom stereocenters. The minimum absolute atomic E-state index is 0.565. The number of rotatable bonds is 6. The van der Waals surface area contributed by atoms with Crippen molar-refractivity contribution >= 4 is 0 Å². The molecule has 1 heterocycles. The third kappa shape index (κ3) is 6.26. The Bertz CT molecular complexity index is 3580. The molecular weight excluding hydrogens is 809 g/mol. The van der Waals surface area contributed by atoms with Crippen molar-refractivity contribution in [3.63, 3.8) is 0 Å². The van der Waals surface area contributed by atoms with E-state index >= 15 is 0 Å². The SMILES string of the molecule is c1ccc(-c2cc(-c3ccccc3)cc(-c3cc(-c4ccccc4-c4ccccc4)nc(-c4ccc5c(c4)-c4ccccc4-c4ccccc4C54c5ccccc5-c5ccccc54)n3)c2)cc1. The molecule has 11 aromatic rings. The Morgan fingerprint density at radius 1 is 0.209 bits per heavy atom. The van der Waals surface area contributed by atoms with Gasteiger partial charge < -0.3 is 0 Å². The normalized spacial score (nSPS) is 12.6. The molecule has 67 heavy (non-hydrogen) atoms. The number of fused-ring (bicyclic) bond motifs is 12. The number of benzene rings is 10. The lowest BCUT2D eigenvalue weighted by atomic mass is 9.66. The predicted molar refractivity (Wildman–Crippen MR) is 276 cm³/mol. The zero-order valence-corrected chi connectivity index (χ0v) is 36.6. The van der Waals surface area contributed by atoms with E-state index in [0.717, 1.165) is 61.5 Å². The molecule has 2 heteroatoms. The summed E-state index contributed by atoms with van der Waals surface area (Å²) in [5.74, 6) is 0.671. The van der Waals surface area contributed by atoms with E-state index in [-0.39, 0.29) is 0 Å². The first kappa shape index (κ1) is 38.7. The molecule has 1 spiro atoms. The van der Waals surface area contributed by atoms with Crippen LogP contribution in [-0.4, -0.2) is 9.97 Å². The molecule has 0 N–H and O–H groups in total. The molecule has 2 aliphatic rings. The number of hydrogen-bond donors (Lipinski definition) is 0. The van der Waals surface area contributed by atoms with Crippen LogP contribution < -0.4 is 0 Å². The first-order valence-corrected chi connectivity index (χ1v) is 23.1. The molecular formula is C65H42N2. The van der Waals surface area contributed by atoms with Crippen molar-refractivity contribution in [2.45, 2.75) is 5.41 Å². The van der Waals surface area contributed by atoms with Gasteiger partial charge in [-0.25, -0.2) is 9.97 Å². The van der Waals surface area contributed by atoms with E-state index in [9.17, 15) is 0 Å². The molecule has 2 nitrogen and oxygen atoms in total. The summed E-state index contributed by atoms with van der Waals surface area (Å²) in [7, 11) is 0. The van der Waals surface area contributed by atoms with Crippen molar-refractivity contribution in [1.29, 1.82) is 0 Å². The highest BCUT2D eigenvalue weighted by Gasteiger charge is 2.49. The largest absolute Gasteiger partial charge is 0.228 e. The fourth-order valence-electron chi connectivity index (χ4n) is 11.0. The van der Waals surface area contributed by atoms with Gasteiger partial charge in [-0.3, -0.25) is 0 Å². The number of aromatic nitrogens is 2. The van der Waals surface area contributed by atoms with Crippen LogP contribution in [0.3, 0.4) is 0 Å². The highest BCUT2D eigenvalue weighted by molar-refractivity contribution is 5.98. The summed E-state index contributed by atoms with van der Waals surface area (Å²) in [4.78, 5) is 11.2. The Labute approximate surface area is 391 Å². The molecule has 0 amide bonds. The summed E-state index contributed by atoms with van der Waals surface area (Å²) < 4.78 is 0. The zero-order valence-electron chi connectivity index (χ0n) is 36.6. The van der Waals surface area contributed by atoms with Crippen LogP contribution in [-0.2, 0) is 5.41 Å². The van der Waals surface area contributed by atoms with Crippen LogP contribution in [0.1, 0.15) is 22.3 Å². The Balaban J connectivity index is 1.09. The third-order valence-electron chi connectivity index (χ3n) is 13.9. The van der Waals surface area contributed by atoms with Gasteiger partial charge in [0.2, 0.25) is 0 Å². The summed E-state index contributed by atoms with van der Waals surface area (Å²) in [6.07, 6.45) is 0. The summed E-state index contributed by atoms with van der Waals surface area (Å²) in [6, 6.07) is 92.6. The van der Waals surface area contributed by atoms with Crippen molar-refractivity contribution in [2.75, 3.05) is 0 Å². The molecule has 0 fully saturated rings. The fourth-order valence-corrected chi connectivity index (χ4v) is 11.0. The van der Waals surface area contributed by atoms with Gasteiger partial charge in [0.05, 0.1) is 16.8 Å². The van der Waals surface area contributed by atoms with E-state index in [1.807, 2.05) is 0 Å². The maximum atomic E-state index is 5.59. The topological polar surface area (TPSA) is 25.8 Å². The minimum Gasteiger partial charge on any atom is -0.228 e. The first-order valence-electron chi connectivity index (χ1n) is 23.1. The molecule has 10 aromatic carbocycles. The lowest BCUT2D eigenvalue weighted by Crippen LogP contribution is -2.29. The second-order valence-electron chi connectivity index (χ2n) is 17.6. The molecule has 13 rings (SSSR count). The Morgan fingerprint density at radius 2 is 0.597 bits per heavy atom. The summed E-state index contributed by atoms with van der Waals surface area (Å²) in [5.41, 5.74) is 23.5. The molecule has 0 atom stereocenters. The van der Waals surface area contributed by atoms with Crippen LogP contribution >= 0.6 is 0 Å². The van der Waals surface area contributed by atoms with E-state index in [0.29, 0.717) is 5.82 Å². The smallest absolute Gasteiger partial charge is 0.160 e. The average Bonchev–Trinajstić information content (AvgIpc) is 3.66. The van der Waals surface area contributed by atoms with E-state index in [1.165, 1.54) is 55.6 Å². The van der Waals surface area contributed by atoms with E-state index in [4.69, 9.17) is 9.97 Å². The Kier molecular flexibility index (Phi) is 9.11. The second kappa shape index (κ2) is 15.8. The lowest BCUT2D eigenvalue weighted by molar-refractivity contribution is 0.775. The van der Waals surface area contributed by atoms with E-state index in [2.05, 4.69) is 255 Å². The summed E-state index contributed by atoms with van der Waals surface area (Å²) in [5, 5.41) is 0. The molecule has 0 radical (unpaired) electrons. The van der Waals surface area contributed by atoms with Crippen LogP contribution in [0.5, 0.6) is 0 Å². The maximum absolute atomic E-state index is 5.59. The monoisotopic (exact) mass is 850 g/mol. The van der Waals surface area contributed by atoms with Gasteiger partial charge in [0.15, 0.2) is 5.82 Å². The minimum atomic E-state index is -0.565. The maximum Gasteiger partial charge on any atom is 0.160 e. The molecule has 0 bridgehead atoms. The predicted octanol–water partition coefficient (Wildman–Crippen LogP) is 16.5. The summed E-state index contributed by atoms with van der Waals surface area (Å²) >= 11 is 0. The highest BCUT2D eigenvalue weighted by Crippen LogP contribution is 2.61. The van der Waals surface area contributed by atoms with Crippen LogP contribution in [0.2, 0.25) is 0 Å². The van der Waals surface area contributed by atoms with Gasteiger partial charge in [-0.15, -0.1) is 0 Å². The van der Waals surface area contributed by atoms with Gasteiger partial charge in [-0.1, -0.05) is 224 Å². The quantitative estimate of drug-likeness (QED) is 0.167. The molecule has 1 aromatic heterocycles. The Morgan fingerprint density at radius 3 is 1.15 bits per heavy atom. The van der Waals surface area contributed by atoms with Crippen molar-refractivity contribution in [1.82, 2.24) is 9.97 Å². The number of nitrogens with zero attached hydrogens (tertiary/aromatic N) is 2. The summed E-state index contributed by atoms with van der Waals surface area (Å²) in [6.45, 7) is 0. The second-order valence-corrected chi connectivity index (χ2v) is 17.6. The van der Waals surface area contributed by atoms with Gasteiger partial charge in [-0.05, 0) is 119 Å². The van der Waals surface area contributed by atoms with Crippen molar-refractivity contribution in [3.8, 4) is 101 Å². The van der Waals surface area contributed by atoms with Gasteiger partial charge in [0.1, 0.15) is 0 Å². The number of hydrogen-bond acceptors (Lipinski definition) is 2. The van der Waals surface area contributed by atoms with Gasteiger partial charge >= 0.3 is 0 Å². The van der Waals surface area contributed by atoms with E-state index in [1.54, 1.807) is 0 Å². The van der Waals surface area contributed by atoms with Gasteiger partial charge in [-0.2, -0.15) is 0 Å². The standard InChI is InChI=1S/C65H42N2/c1-4-20-43(21-5-1)47-38-48(44-22-6-2-7-23-44)40-49(39-47)62-42-63(56-32-13-10-26-50(56)45-24-8-3-9-25-45)67-64(66-62)46-36-37-61-57(41-46)52-28-12-11-27-51(52)53-29-14-17-33-58(53)65(61)59-34-18-15-30-54(59)55-31-16-19-35-60(55)65/h1-42H. The van der Waals surface area contributed by atoms with Crippen molar-refractivity contribution in [3.05, 3.63) is 277 Å². The average molecular weight is 851 g/mol. The highest BCUT2D eigenvalue weighted by atomic mass is 14.9. The third-order valence-corrected chi connectivity index (χ3v) is 13.9. The van der Waals surface area contributed by atoms with Crippen LogP contribution in [0, 0.1) is 0 Å². The fraction of sp³-hybridized carbons (Fsp3) is 0.0154. The molecule has 0 saturated heterocycles. The van der Waals surface area contributed by atoms with Crippen molar-refractivity contribution in [2.24, 2.45) is 0 Å². The Hall–Kier alpha value is -8.72. The molecule has 0 aliphatic heterocycles. The zero-order chi connectivity index (χ0) is 44.3. The van der Waals surface area contributed by atoms with Crippen LogP contribution in [0.15, 0.2) is 255 Å². The van der Waals surface area contributed by atoms with Gasteiger partial charge in [0.25, 0.3) is 0 Å². The molecule has 2 aliphatic carbocycles. The van der Waals surface area contributed by atoms with Gasteiger partial charge in [0, 0.05) is 16.7 Å². The van der Waals surface area contributed by atoms with Crippen LogP contribution in [0.25, 0.3) is 101 Å². The van der Waals surface area contributed by atoms with Crippen LogP contribution in [0.4, 0.5) is 0 Å². The van der Waals surface area contributed by atoms with Crippen molar-refractivity contribution < 1.29 is 0 Å². The first-order chi connectivity index (χ1) is 33.2. The molecule has 0 saturated carbocycles. The van der Waals surface area contributed by atoms with E-state index < -0.39 is 5.41 Å².